The molecule has 2 heteroatoms. The Morgan fingerprint density at radius 2 is 1.83 bits per heavy atom. The van der Waals surface area contributed by atoms with Gasteiger partial charge in [0.25, 0.3) is 0 Å². The topological polar surface area (TPSA) is 6.48 Å². The third-order valence-electron chi connectivity index (χ3n) is 5.42. The standard InChI is InChI=1S/C16H32N2/c1-14-13-16(10-12-17(14)2)18(3)11-9-15-7-5-4-6-8-15/h14-16H,4-13H2,1-3H3/t14-,16+/m1/s1. The van der Waals surface area contributed by atoms with E-state index in [0.717, 1.165) is 18.0 Å². The molecule has 2 fully saturated rings. The number of rotatable bonds is 4. The maximum atomic E-state index is 2.65. The van der Waals surface area contributed by atoms with E-state index in [-0.39, 0.29) is 0 Å². The van der Waals surface area contributed by atoms with Gasteiger partial charge in [0.05, 0.1) is 0 Å². The van der Waals surface area contributed by atoms with Crippen LogP contribution in [0.1, 0.15) is 58.3 Å². The molecule has 1 heterocycles. The van der Waals surface area contributed by atoms with Crippen LogP contribution in [0.5, 0.6) is 0 Å². The molecule has 106 valence electrons. The van der Waals surface area contributed by atoms with Crippen molar-refractivity contribution in [2.24, 2.45) is 5.92 Å². The molecule has 2 aliphatic rings. The first-order valence-corrected chi connectivity index (χ1v) is 8.07. The number of nitrogens with zero attached hydrogens (tertiary/aromatic N) is 2. The first-order chi connectivity index (χ1) is 8.66. The van der Waals surface area contributed by atoms with E-state index in [1.165, 1.54) is 64.5 Å². The van der Waals surface area contributed by atoms with Crippen molar-refractivity contribution in [3.05, 3.63) is 0 Å². The minimum absolute atomic E-state index is 0.765. The van der Waals surface area contributed by atoms with Crippen LogP contribution in [0.3, 0.4) is 0 Å². The van der Waals surface area contributed by atoms with Gasteiger partial charge in [0.1, 0.15) is 0 Å². The van der Waals surface area contributed by atoms with Crippen LogP contribution in [-0.4, -0.2) is 49.1 Å². The largest absolute Gasteiger partial charge is 0.304 e. The highest BCUT2D eigenvalue weighted by Crippen LogP contribution is 2.27. The van der Waals surface area contributed by atoms with Crippen LogP contribution in [0.15, 0.2) is 0 Å². The van der Waals surface area contributed by atoms with Gasteiger partial charge in [-0.25, -0.2) is 0 Å². The molecular weight excluding hydrogens is 220 g/mol. The molecule has 0 amide bonds. The molecule has 18 heavy (non-hydrogen) atoms. The minimum Gasteiger partial charge on any atom is -0.304 e. The average molecular weight is 252 g/mol. The van der Waals surface area contributed by atoms with Gasteiger partial charge in [-0.2, -0.15) is 0 Å². The van der Waals surface area contributed by atoms with Gasteiger partial charge in [0, 0.05) is 12.1 Å². The van der Waals surface area contributed by atoms with Crippen LogP contribution in [-0.2, 0) is 0 Å². The molecule has 0 aromatic rings. The monoisotopic (exact) mass is 252 g/mol. The molecule has 0 aromatic heterocycles. The van der Waals surface area contributed by atoms with Crippen LogP contribution < -0.4 is 0 Å². The van der Waals surface area contributed by atoms with Crippen molar-refractivity contribution in [3.8, 4) is 0 Å². The summed E-state index contributed by atoms with van der Waals surface area (Å²) < 4.78 is 0. The van der Waals surface area contributed by atoms with Crippen molar-refractivity contribution < 1.29 is 0 Å². The summed E-state index contributed by atoms with van der Waals surface area (Å²) in [4.78, 5) is 5.16. The predicted octanol–water partition coefficient (Wildman–Crippen LogP) is 3.37. The minimum atomic E-state index is 0.765. The molecule has 2 rings (SSSR count). The molecule has 0 unspecified atom stereocenters. The quantitative estimate of drug-likeness (QED) is 0.757. The van der Waals surface area contributed by atoms with E-state index >= 15 is 0 Å². The van der Waals surface area contributed by atoms with Gasteiger partial charge in [-0.15, -0.1) is 0 Å². The number of hydrogen-bond acceptors (Lipinski definition) is 2. The van der Waals surface area contributed by atoms with Gasteiger partial charge in [0.15, 0.2) is 0 Å². The molecule has 0 N–H and O–H groups in total. The molecule has 1 saturated carbocycles. The predicted molar refractivity (Wildman–Crippen MR) is 78.9 cm³/mol. The third kappa shape index (κ3) is 3.96. The number of likely N-dealkylation sites (tertiary alicyclic amines) is 1. The lowest BCUT2D eigenvalue weighted by molar-refractivity contribution is 0.0992. The summed E-state index contributed by atoms with van der Waals surface area (Å²) >= 11 is 0. The van der Waals surface area contributed by atoms with Crippen molar-refractivity contribution in [2.75, 3.05) is 27.2 Å². The van der Waals surface area contributed by atoms with Gasteiger partial charge in [-0.05, 0) is 59.3 Å². The Kier molecular flexibility index (Phi) is 5.50. The van der Waals surface area contributed by atoms with Crippen molar-refractivity contribution in [3.63, 3.8) is 0 Å². The molecule has 2 nitrogen and oxygen atoms in total. The second kappa shape index (κ2) is 6.91. The van der Waals surface area contributed by atoms with E-state index in [2.05, 4.69) is 30.8 Å². The van der Waals surface area contributed by atoms with Gasteiger partial charge in [-0.1, -0.05) is 32.1 Å². The van der Waals surface area contributed by atoms with E-state index in [0.29, 0.717) is 0 Å². The summed E-state index contributed by atoms with van der Waals surface area (Å²) in [7, 11) is 4.62. The van der Waals surface area contributed by atoms with E-state index in [1.54, 1.807) is 0 Å². The molecule has 0 bridgehead atoms. The molecule has 0 aromatic carbocycles. The van der Waals surface area contributed by atoms with Crippen molar-refractivity contribution in [1.82, 2.24) is 9.80 Å². The third-order valence-corrected chi connectivity index (χ3v) is 5.42. The molecule has 2 atom stereocenters. The van der Waals surface area contributed by atoms with Gasteiger partial charge in [0.2, 0.25) is 0 Å². The van der Waals surface area contributed by atoms with Crippen molar-refractivity contribution in [1.29, 1.82) is 0 Å². The second-order valence-corrected chi connectivity index (χ2v) is 6.78. The summed E-state index contributed by atoms with van der Waals surface area (Å²) in [6.45, 7) is 4.98. The van der Waals surface area contributed by atoms with Crippen LogP contribution in [0.25, 0.3) is 0 Å². The average Bonchev–Trinajstić information content (AvgIpc) is 2.40. The first-order valence-electron chi connectivity index (χ1n) is 8.07. The summed E-state index contributed by atoms with van der Waals surface area (Å²) in [6.07, 6.45) is 11.6. The second-order valence-electron chi connectivity index (χ2n) is 6.78. The zero-order chi connectivity index (χ0) is 13.0. The van der Waals surface area contributed by atoms with Gasteiger partial charge in [-0.3, -0.25) is 0 Å². The number of piperidine rings is 1. The summed E-state index contributed by atoms with van der Waals surface area (Å²) in [5, 5.41) is 0. The highest BCUT2D eigenvalue weighted by Gasteiger charge is 2.25. The Balaban J connectivity index is 1.69. The lowest BCUT2D eigenvalue weighted by atomic mass is 9.86. The lowest BCUT2D eigenvalue weighted by Crippen LogP contribution is -2.46. The maximum Gasteiger partial charge on any atom is 0.0119 e. The van der Waals surface area contributed by atoms with Crippen LogP contribution in [0.4, 0.5) is 0 Å². The normalized spacial score (nSPS) is 32.0. The van der Waals surface area contributed by atoms with Crippen LogP contribution >= 0.6 is 0 Å². The van der Waals surface area contributed by atoms with Crippen LogP contribution in [0.2, 0.25) is 0 Å². The Bertz CT molecular complexity index is 235. The smallest absolute Gasteiger partial charge is 0.0119 e. The van der Waals surface area contributed by atoms with E-state index in [4.69, 9.17) is 0 Å². The Labute approximate surface area is 114 Å². The Morgan fingerprint density at radius 3 is 2.50 bits per heavy atom. The molecule has 0 radical (unpaired) electrons. The Hall–Kier alpha value is -0.0800. The Morgan fingerprint density at radius 1 is 1.11 bits per heavy atom. The summed E-state index contributed by atoms with van der Waals surface area (Å²) in [6, 6.07) is 1.60. The van der Waals surface area contributed by atoms with Crippen molar-refractivity contribution in [2.45, 2.75) is 70.4 Å². The summed E-state index contributed by atoms with van der Waals surface area (Å²) in [5.74, 6) is 1.03. The zero-order valence-corrected chi connectivity index (χ0v) is 12.7. The molecule has 1 aliphatic carbocycles. The molecule has 1 saturated heterocycles. The fourth-order valence-electron chi connectivity index (χ4n) is 3.71. The highest BCUT2D eigenvalue weighted by atomic mass is 15.2. The molecule has 0 spiro atoms. The van der Waals surface area contributed by atoms with E-state index in [9.17, 15) is 0 Å². The van der Waals surface area contributed by atoms with Gasteiger partial charge >= 0.3 is 0 Å². The number of hydrogen-bond donors (Lipinski definition) is 0. The zero-order valence-electron chi connectivity index (χ0n) is 12.7. The molecule has 1 aliphatic heterocycles. The summed E-state index contributed by atoms with van der Waals surface area (Å²) in [5.41, 5.74) is 0. The molecular formula is C16H32N2. The SMILES string of the molecule is C[C@@H]1C[C@@H](N(C)CCC2CCCCC2)CCN1C. The first kappa shape index (κ1) is 14.3. The lowest BCUT2D eigenvalue weighted by Gasteiger charge is -2.39. The highest BCUT2D eigenvalue weighted by molar-refractivity contribution is 4.82. The fraction of sp³-hybridized carbons (Fsp3) is 1.00. The van der Waals surface area contributed by atoms with E-state index < -0.39 is 0 Å². The van der Waals surface area contributed by atoms with Crippen LogP contribution in [0, 0.1) is 5.92 Å². The van der Waals surface area contributed by atoms with Crippen molar-refractivity contribution >= 4 is 0 Å². The fourth-order valence-corrected chi connectivity index (χ4v) is 3.71. The van der Waals surface area contributed by atoms with Gasteiger partial charge < -0.3 is 9.80 Å². The van der Waals surface area contributed by atoms with E-state index in [1.807, 2.05) is 0 Å². The maximum absolute atomic E-state index is 2.65.